The molecule has 1 aromatic carbocycles. The normalized spacial score (nSPS) is 15.2. The minimum Gasteiger partial charge on any atom is -0.380 e. The number of benzene rings is 1. The number of halogens is 2. The summed E-state index contributed by atoms with van der Waals surface area (Å²) in [5.74, 6) is -1.28. The van der Waals surface area contributed by atoms with Crippen LogP contribution < -0.4 is 5.73 Å². The first kappa shape index (κ1) is 11.1. The summed E-state index contributed by atoms with van der Waals surface area (Å²) < 4.78 is 31.4. The van der Waals surface area contributed by atoms with E-state index in [0.717, 1.165) is 0 Å². The van der Waals surface area contributed by atoms with Gasteiger partial charge < -0.3 is 10.5 Å². The fourth-order valence-corrected chi connectivity index (χ4v) is 1.21. The number of hydrogen-bond donors (Lipinski definition) is 1. The van der Waals surface area contributed by atoms with E-state index in [1.54, 1.807) is 6.92 Å². The molecule has 0 bridgehead atoms. The number of methoxy groups -OCH3 is 1. The maximum atomic E-state index is 13.2. The average molecular weight is 201 g/mol. The monoisotopic (exact) mass is 201 g/mol. The van der Waals surface area contributed by atoms with Gasteiger partial charge in [-0.05, 0) is 19.1 Å². The van der Waals surface area contributed by atoms with Crippen molar-refractivity contribution in [3.63, 3.8) is 0 Å². The molecule has 0 aliphatic rings. The molecule has 4 heteroatoms. The lowest BCUT2D eigenvalue weighted by atomic mass is 10.0. The highest BCUT2D eigenvalue weighted by atomic mass is 19.1. The van der Waals surface area contributed by atoms with Gasteiger partial charge in [0.15, 0.2) is 0 Å². The molecule has 2 nitrogen and oxygen atoms in total. The van der Waals surface area contributed by atoms with Crippen LogP contribution in [0.5, 0.6) is 0 Å². The van der Waals surface area contributed by atoms with Crippen molar-refractivity contribution < 1.29 is 13.5 Å². The van der Waals surface area contributed by atoms with Gasteiger partial charge in [0.1, 0.15) is 11.6 Å². The lowest BCUT2D eigenvalue weighted by Crippen LogP contribution is -2.27. The Hall–Kier alpha value is -1.00. The van der Waals surface area contributed by atoms with E-state index in [1.165, 1.54) is 25.3 Å². The second-order valence-electron chi connectivity index (χ2n) is 3.10. The SMILES string of the molecule is COC(C)C(N)c1c(F)cccc1F. The van der Waals surface area contributed by atoms with Crippen LogP contribution >= 0.6 is 0 Å². The van der Waals surface area contributed by atoms with Crippen LogP contribution in [0.25, 0.3) is 0 Å². The summed E-state index contributed by atoms with van der Waals surface area (Å²) in [7, 11) is 1.45. The molecule has 14 heavy (non-hydrogen) atoms. The first-order chi connectivity index (χ1) is 6.57. The first-order valence-corrected chi connectivity index (χ1v) is 4.30. The topological polar surface area (TPSA) is 35.2 Å². The molecule has 0 aliphatic heterocycles. The highest BCUT2D eigenvalue weighted by Crippen LogP contribution is 2.22. The van der Waals surface area contributed by atoms with Gasteiger partial charge in [-0.1, -0.05) is 6.07 Å². The van der Waals surface area contributed by atoms with Gasteiger partial charge in [-0.25, -0.2) is 8.78 Å². The molecule has 0 aromatic heterocycles. The molecule has 0 spiro atoms. The zero-order valence-corrected chi connectivity index (χ0v) is 8.13. The summed E-state index contributed by atoms with van der Waals surface area (Å²) in [4.78, 5) is 0. The predicted octanol–water partition coefficient (Wildman–Crippen LogP) is 2.00. The highest BCUT2D eigenvalue weighted by molar-refractivity contribution is 5.23. The third-order valence-electron chi connectivity index (χ3n) is 2.21. The van der Waals surface area contributed by atoms with Crippen molar-refractivity contribution >= 4 is 0 Å². The molecule has 0 aliphatic carbocycles. The molecular formula is C10H13F2NO. The van der Waals surface area contributed by atoms with Crippen molar-refractivity contribution in [1.82, 2.24) is 0 Å². The smallest absolute Gasteiger partial charge is 0.131 e. The van der Waals surface area contributed by atoms with Gasteiger partial charge in [-0.3, -0.25) is 0 Å². The Morgan fingerprint density at radius 3 is 2.21 bits per heavy atom. The predicted molar refractivity (Wildman–Crippen MR) is 49.8 cm³/mol. The summed E-state index contributed by atoms with van der Waals surface area (Å²) in [6.07, 6.45) is -0.429. The van der Waals surface area contributed by atoms with Gasteiger partial charge in [0.05, 0.1) is 12.1 Å². The molecular weight excluding hydrogens is 188 g/mol. The van der Waals surface area contributed by atoms with Gasteiger partial charge in [-0.2, -0.15) is 0 Å². The Morgan fingerprint density at radius 2 is 1.79 bits per heavy atom. The van der Waals surface area contributed by atoms with Crippen LogP contribution in [0.3, 0.4) is 0 Å². The van der Waals surface area contributed by atoms with Gasteiger partial charge in [-0.15, -0.1) is 0 Å². The molecule has 1 rings (SSSR count). The third-order valence-corrected chi connectivity index (χ3v) is 2.21. The van der Waals surface area contributed by atoms with Crippen molar-refractivity contribution in [2.75, 3.05) is 7.11 Å². The van der Waals surface area contributed by atoms with Crippen molar-refractivity contribution in [1.29, 1.82) is 0 Å². The second kappa shape index (κ2) is 4.48. The molecule has 0 saturated carbocycles. The molecule has 1 aromatic rings. The second-order valence-corrected chi connectivity index (χ2v) is 3.10. The molecule has 2 N–H and O–H groups in total. The fraction of sp³-hybridized carbons (Fsp3) is 0.400. The van der Waals surface area contributed by atoms with Crippen LogP contribution in [0, 0.1) is 11.6 Å². The Balaban J connectivity index is 3.05. The molecule has 0 amide bonds. The minimum atomic E-state index is -0.791. The Labute approximate surface area is 81.7 Å². The molecule has 0 fully saturated rings. The summed E-state index contributed by atoms with van der Waals surface area (Å²) >= 11 is 0. The van der Waals surface area contributed by atoms with Crippen molar-refractivity contribution in [2.45, 2.75) is 19.1 Å². The summed E-state index contributed by atoms with van der Waals surface area (Å²) in [6.45, 7) is 1.66. The molecule has 0 heterocycles. The Bertz CT molecular complexity index is 297. The summed E-state index contributed by atoms with van der Waals surface area (Å²) in [5, 5.41) is 0. The standard InChI is InChI=1S/C10H13F2NO/c1-6(14-2)10(13)9-7(11)4-3-5-8(9)12/h3-6,10H,13H2,1-2H3. The van der Waals surface area contributed by atoms with E-state index in [-0.39, 0.29) is 5.56 Å². The molecule has 0 radical (unpaired) electrons. The lowest BCUT2D eigenvalue weighted by molar-refractivity contribution is 0.0933. The van der Waals surface area contributed by atoms with E-state index in [2.05, 4.69) is 0 Å². The number of rotatable bonds is 3. The fourth-order valence-electron chi connectivity index (χ4n) is 1.21. The Kier molecular flexibility index (Phi) is 3.55. The van der Waals surface area contributed by atoms with Gasteiger partial charge in [0, 0.05) is 12.7 Å². The maximum Gasteiger partial charge on any atom is 0.131 e. The quantitative estimate of drug-likeness (QED) is 0.811. The number of nitrogens with two attached hydrogens (primary N) is 1. The molecule has 2 unspecified atom stereocenters. The van der Waals surface area contributed by atoms with Crippen LogP contribution in [0.1, 0.15) is 18.5 Å². The number of ether oxygens (including phenoxy) is 1. The average Bonchev–Trinajstić information content (AvgIpc) is 2.16. The van der Waals surface area contributed by atoms with E-state index >= 15 is 0 Å². The Morgan fingerprint density at radius 1 is 1.29 bits per heavy atom. The van der Waals surface area contributed by atoms with E-state index in [0.29, 0.717) is 0 Å². The van der Waals surface area contributed by atoms with Crippen molar-refractivity contribution in [3.05, 3.63) is 35.4 Å². The lowest BCUT2D eigenvalue weighted by Gasteiger charge is -2.19. The zero-order valence-electron chi connectivity index (χ0n) is 8.13. The van der Waals surface area contributed by atoms with Crippen LogP contribution in [-0.4, -0.2) is 13.2 Å². The van der Waals surface area contributed by atoms with Crippen LogP contribution in [0.4, 0.5) is 8.78 Å². The van der Waals surface area contributed by atoms with Gasteiger partial charge in [0.25, 0.3) is 0 Å². The van der Waals surface area contributed by atoms with Crippen molar-refractivity contribution in [3.8, 4) is 0 Å². The van der Waals surface area contributed by atoms with E-state index < -0.39 is 23.8 Å². The van der Waals surface area contributed by atoms with Gasteiger partial charge >= 0.3 is 0 Å². The van der Waals surface area contributed by atoms with Crippen LogP contribution in [0.15, 0.2) is 18.2 Å². The van der Waals surface area contributed by atoms with Crippen LogP contribution in [-0.2, 0) is 4.74 Å². The molecule has 0 saturated heterocycles. The highest BCUT2D eigenvalue weighted by Gasteiger charge is 2.21. The minimum absolute atomic E-state index is 0.123. The number of hydrogen-bond acceptors (Lipinski definition) is 2. The van der Waals surface area contributed by atoms with Crippen LogP contribution in [0.2, 0.25) is 0 Å². The van der Waals surface area contributed by atoms with E-state index in [1.807, 2.05) is 0 Å². The van der Waals surface area contributed by atoms with E-state index in [4.69, 9.17) is 10.5 Å². The maximum absolute atomic E-state index is 13.2. The summed E-state index contributed by atoms with van der Waals surface area (Å²) in [5.41, 5.74) is 5.52. The molecule has 78 valence electrons. The first-order valence-electron chi connectivity index (χ1n) is 4.30. The van der Waals surface area contributed by atoms with Gasteiger partial charge in [0.2, 0.25) is 0 Å². The molecule has 2 atom stereocenters. The largest absolute Gasteiger partial charge is 0.380 e. The third kappa shape index (κ3) is 2.08. The van der Waals surface area contributed by atoms with E-state index in [9.17, 15) is 8.78 Å². The van der Waals surface area contributed by atoms with Crippen molar-refractivity contribution in [2.24, 2.45) is 5.73 Å². The zero-order chi connectivity index (χ0) is 10.7. The summed E-state index contributed by atoms with van der Waals surface area (Å²) in [6, 6.07) is 2.88.